The fraction of sp³-hybridized carbons (Fsp3) is 0.0400. The van der Waals surface area contributed by atoms with Gasteiger partial charge in [-0.2, -0.15) is 0 Å². The van der Waals surface area contributed by atoms with Crippen LogP contribution in [0.3, 0.4) is 0 Å². The average Bonchev–Trinajstić information content (AvgIpc) is 3.88. The van der Waals surface area contributed by atoms with E-state index in [2.05, 4.69) is 194 Å². The van der Waals surface area contributed by atoms with Gasteiger partial charge in [-0.25, -0.2) is 0 Å². The van der Waals surface area contributed by atoms with Crippen LogP contribution in [-0.4, -0.2) is 0 Å². The highest BCUT2D eigenvalue weighted by Gasteiger charge is 2.41. The molecular weight excluding hydrogens is 679 g/mol. The molecule has 1 nitrogen and oxygen atoms in total. The Morgan fingerprint density at radius 1 is 0.396 bits per heavy atom. The van der Waals surface area contributed by atoms with E-state index in [4.69, 9.17) is 0 Å². The van der Waals surface area contributed by atoms with Crippen molar-refractivity contribution >= 4 is 80.1 Å². The maximum atomic E-state index is 2.51. The van der Waals surface area contributed by atoms with Gasteiger partial charge in [-0.05, 0) is 88.3 Å². The second-order valence-electron chi connectivity index (χ2n) is 14.1. The summed E-state index contributed by atoms with van der Waals surface area (Å²) >= 11 is 3.80. The predicted octanol–water partition coefficient (Wildman–Crippen LogP) is 14.9. The Morgan fingerprint density at radius 2 is 0.906 bits per heavy atom. The third-order valence-electron chi connectivity index (χ3n) is 11.4. The smallest absolute Gasteiger partial charge is 0.0555 e. The van der Waals surface area contributed by atoms with E-state index in [0.29, 0.717) is 0 Å². The van der Waals surface area contributed by atoms with Crippen molar-refractivity contribution in [3.63, 3.8) is 0 Å². The predicted molar refractivity (Wildman–Crippen MR) is 230 cm³/mol. The summed E-state index contributed by atoms with van der Waals surface area (Å²) in [5.41, 5.74) is 12.5. The van der Waals surface area contributed by atoms with Crippen LogP contribution >= 0.6 is 22.7 Å². The molecule has 250 valence electrons. The Morgan fingerprint density at radius 3 is 1.62 bits per heavy atom. The molecule has 0 radical (unpaired) electrons. The van der Waals surface area contributed by atoms with Gasteiger partial charge in [0.15, 0.2) is 0 Å². The Bertz CT molecular complexity index is 2980. The Kier molecular flexibility index (Phi) is 6.79. The Balaban J connectivity index is 1.18. The summed E-state index contributed by atoms with van der Waals surface area (Å²) < 4.78 is 5.25. The molecule has 11 rings (SSSR count). The summed E-state index contributed by atoms with van der Waals surface area (Å²) in [6.45, 7) is 2.43. The molecule has 0 unspecified atom stereocenters. The summed E-state index contributed by atoms with van der Waals surface area (Å²) in [7, 11) is 0. The molecule has 53 heavy (non-hydrogen) atoms. The third-order valence-corrected chi connectivity index (χ3v) is 13.7. The molecule has 0 atom stereocenters. The van der Waals surface area contributed by atoms with Crippen LogP contribution in [0.4, 0.5) is 17.1 Å². The van der Waals surface area contributed by atoms with Gasteiger partial charge in [0, 0.05) is 51.4 Å². The van der Waals surface area contributed by atoms with Gasteiger partial charge in [0.2, 0.25) is 0 Å². The van der Waals surface area contributed by atoms with Crippen LogP contribution in [0.25, 0.3) is 62.6 Å². The van der Waals surface area contributed by atoms with Crippen LogP contribution in [0, 0.1) is 0 Å². The maximum absolute atomic E-state index is 2.51. The van der Waals surface area contributed by atoms with E-state index in [0.717, 1.165) is 5.69 Å². The van der Waals surface area contributed by atoms with Crippen molar-refractivity contribution in [3.05, 3.63) is 199 Å². The van der Waals surface area contributed by atoms with Crippen molar-refractivity contribution in [3.8, 4) is 22.3 Å². The molecule has 0 saturated carbocycles. The zero-order valence-corrected chi connectivity index (χ0v) is 30.7. The lowest BCUT2D eigenvalue weighted by atomic mass is 9.74. The Labute approximate surface area is 316 Å². The highest BCUT2D eigenvalue weighted by atomic mass is 32.1. The first-order chi connectivity index (χ1) is 26.2. The number of hydrogen-bond donors (Lipinski definition) is 0. The van der Waals surface area contributed by atoms with E-state index in [1.54, 1.807) is 0 Å². The van der Waals surface area contributed by atoms with Crippen LogP contribution < -0.4 is 4.90 Å². The summed E-state index contributed by atoms with van der Waals surface area (Å²) in [6.07, 6.45) is 0. The number of benzene rings is 8. The standard InChI is InChI=1S/C50H33NS2/c1-50(39-20-8-5-16-35(39)36-17-6-9-21-40(36)50)41-22-11-19-38-48-43(24-13-27-46(48)53-49(38)41)51(34-30-28-33(29-31-34)32-14-3-2-4-15-32)42-23-12-26-45-47(42)37-18-7-10-25-44(37)52-45/h2-31H,1H3. The number of nitrogens with zero attached hydrogens (tertiary/aromatic N) is 1. The highest BCUT2D eigenvalue weighted by molar-refractivity contribution is 7.26. The monoisotopic (exact) mass is 711 g/mol. The van der Waals surface area contributed by atoms with Crippen molar-refractivity contribution in [1.82, 2.24) is 0 Å². The highest BCUT2D eigenvalue weighted by Crippen LogP contribution is 2.56. The minimum atomic E-state index is -0.276. The van der Waals surface area contributed by atoms with E-state index in [1.807, 2.05) is 22.7 Å². The average molecular weight is 712 g/mol. The van der Waals surface area contributed by atoms with Gasteiger partial charge in [0.05, 0.1) is 11.4 Å². The molecular formula is C50H33NS2. The fourth-order valence-corrected chi connectivity index (χ4v) is 11.4. The zero-order chi connectivity index (χ0) is 35.1. The zero-order valence-electron chi connectivity index (χ0n) is 29.1. The number of fused-ring (bicyclic) bond motifs is 9. The van der Waals surface area contributed by atoms with Crippen LogP contribution in [0.1, 0.15) is 23.6 Å². The van der Waals surface area contributed by atoms with Crippen LogP contribution in [0.2, 0.25) is 0 Å². The van der Waals surface area contributed by atoms with Crippen molar-refractivity contribution < 1.29 is 0 Å². The topological polar surface area (TPSA) is 3.24 Å². The van der Waals surface area contributed by atoms with E-state index < -0.39 is 0 Å². The van der Waals surface area contributed by atoms with E-state index in [-0.39, 0.29) is 5.41 Å². The van der Waals surface area contributed by atoms with Gasteiger partial charge >= 0.3 is 0 Å². The minimum absolute atomic E-state index is 0.276. The molecule has 1 aliphatic rings. The summed E-state index contributed by atoms with van der Waals surface area (Å²) in [5.74, 6) is 0. The lowest BCUT2D eigenvalue weighted by Gasteiger charge is -2.29. The lowest BCUT2D eigenvalue weighted by Crippen LogP contribution is -2.22. The van der Waals surface area contributed by atoms with Crippen LogP contribution in [0.5, 0.6) is 0 Å². The van der Waals surface area contributed by atoms with Crippen molar-refractivity contribution in [2.75, 3.05) is 4.90 Å². The molecule has 2 heterocycles. The second-order valence-corrected chi connectivity index (χ2v) is 16.3. The van der Waals surface area contributed by atoms with Gasteiger partial charge in [-0.15, -0.1) is 22.7 Å². The molecule has 0 aliphatic heterocycles. The second kappa shape index (κ2) is 11.8. The molecule has 0 N–H and O–H groups in total. The van der Waals surface area contributed by atoms with Gasteiger partial charge in [-0.1, -0.05) is 140 Å². The maximum Gasteiger partial charge on any atom is 0.0555 e. The number of anilines is 3. The molecule has 0 saturated heterocycles. The molecule has 0 bridgehead atoms. The fourth-order valence-electron chi connectivity index (χ4n) is 8.94. The minimum Gasteiger partial charge on any atom is -0.309 e. The van der Waals surface area contributed by atoms with Crippen molar-refractivity contribution in [2.45, 2.75) is 12.3 Å². The van der Waals surface area contributed by atoms with Gasteiger partial charge in [-0.3, -0.25) is 0 Å². The van der Waals surface area contributed by atoms with E-state index in [1.165, 1.54) is 90.7 Å². The molecule has 8 aromatic carbocycles. The number of hydrogen-bond acceptors (Lipinski definition) is 3. The molecule has 1 aliphatic carbocycles. The molecule has 0 fully saturated rings. The van der Waals surface area contributed by atoms with Gasteiger partial charge in [0.25, 0.3) is 0 Å². The van der Waals surface area contributed by atoms with Crippen molar-refractivity contribution in [1.29, 1.82) is 0 Å². The first-order valence-corrected chi connectivity index (χ1v) is 19.8. The van der Waals surface area contributed by atoms with Crippen molar-refractivity contribution in [2.24, 2.45) is 0 Å². The largest absolute Gasteiger partial charge is 0.309 e. The molecule has 0 amide bonds. The third kappa shape index (κ3) is 4.48. The molecule has 3 heteroatoms. The Hall–Kier alpha value is -6.00. The SMILES string of the molecule is CC1(c2cccc3c2sc2cccc(N(c4ccc(-c5ccccc5)cc4)c4cccc5sc6ccccc6c45)c23)c2ccccc2-c2ccccc21. The quantitative estimate of drug-likeness (QED) is 0.172. The lowest BCUT2D eigenvalue weighted by molar-refractivity contribution is 0.722. The van der Waals surface area contributed by atoms with Crippen LogP contribution in [0.15, 0.2) is 182 Å². The van der Waals surface area contributed by atoms with E-state index >= 15 is 0 Å². The molecule has 0 spiro atoms. The first kappa shape index (κ1) is 30.6. The van der Waals surface area contributed by atoms with Gasteiger partial charge in [0.1, 0.15) is 0 Å². The summed E-state index contributed by atoms with van der Waals surface area (Å²) in [6, 6.07) is 67.3. The first-order valence-electron chi connectivity index (χ1n) is 18.2. The normalized spacial score (nSPS) is 13.2. The number of thiophene rings is 2. The van der Waals surface area contributed by atoms with Gasteiger partial charge < -0.3 is 4.90 Å². The molecule has 10 aromatic rings. The van der Waals surface area contributed by atoms with E-state index in [9.17, 15) is 0 Å². The molecule has 2 aromatic heterocycles. The summed E-state index contributed by atoms with van der Waals surface area (Å²) in [4.78, 5) is 2.51. The number of rotatable bonds is 5. The summed E-state index contributed by atoms with van der Waals surface area (Å²) in [5, 5.41) is 5.19. The van der Waals surface area contributed by atoms with Crippen LogP contribution in [-0.2, 0) is 5.41 Å².